The SMILES string of the molecule is CCOc1cc(/C=C(\C#N)C(=O)NCc2ccccc2)c(Br)cc1OCc1ccccc1Cl. The van der Waals surface area contributed by atoms with Crippen LogP contribution in [0.2, 0.25) is 5.02 Å². The van der Waals surface area contributed by atoms with Gasteiger partial charge in [0.1, 0.15) is 18.2 Å². The summed E-state index contributed by atoms with van der Waals surface area (Å²) < 4.78 is 12.4. The molecular formula is C26H22BrClN2O3. The highest BCUT2D eigenvalue weighted by molar-refractivity contribution is 9.10. The van der Waals surface area contributed by atoms with Crippen molar-refractivity contribution >= 4 is 39.5 Å². The van der Waals surface area contributed by atoms with Crippen molar-refractivity contribution in [1.82, 2.24) is 5.32 Å². The maximum atomic E-state index is 12.5. The van der Waals surface area contributed by atoms with Crippen LogP contribution in [0.3, 0.4) is 0 Å². The first-order valence-corrected chi connectivity index (χ1v) is 11.5. The summed E-state index contributed by atoms with van der Waals surface area (Å²) in [5.74, 6) is 0.569. The second-order valence-corrected chi connectivity index (χ2v) is 8.23. The molecule has 0 heterocycles. The number of halogens is 2. The second kappa shape index (κ2) is 12.1. The third-order valence-electron chi connectivity index (χ3n) is 4.66. The number of hydrogen-bond acceptors (Lipinski definition) is 4. The molecule has 0 saturated heterocycles. The lowest BCUT2D eigenvalue weighted by Gasteiger charge is -2.15. The van der Waals surface area contributed by atoms with Gasteiger partial charge in [0, 0.05) is 21.6 Å². The van der Waals surface area contributed by atoms with Gasteiger partial charge in [-0.3, -0.25) is 4.79 Å². The van der Waals surface area contributed by atoms with Gasteiger partial charge in [-0.25, -0.2) is 0 Å². The summed E-state index contributed by atoms with van der Waals surface area (Å²) in [5, 5.41) is 12.9. The standard InChI is InChI=1S/C26H22BrClN2O3/c1-2-32-24-13-20(12-21(15-29)26(31)30-16-18-8-4-3-5-9-18)22(27)14-25(24)33-17-19-10-6-7-11-23(19)28/h3-14H,2,16-17H2,1H3,(H,30,31)/b21-12+. The van der Waals surface area contributed by atoms with Crippen LogP contribution in [0.4, 0.5) is 0 Å². The number of ether oxygens (including phenoxy) is 2. The summed E-state index contributed by atoms with van der Waals surface area (Å²) in [6.45, 7) is 2.90. The van der Waals surface area contributed by atoms with Crippen LogP contribution < -0.4 is 14.8 Å². The number of carbonyl (C=O) groups excluding carboxylic acids is 1. The molecule has 0 unspecified atom stereocenters. The van der Waals surface area contributed by atoms with Gasteiger partial charge in [0.2, 0.25) is 0 Å². The summed E-state index contributed by atoms with van der Waals surface area (Å²) in [4.78, 5) is 12.5. The molecule has 0 bridgehead atoms. The molecule has 0 aliphatic heterocycles. The van der Waals surface area contributed by atoms with Crippen LogP contribution in [0.1, 0.15) is 23.6 Å². The van der Waals surface area contributed by atoms with Gasteiger partial charge in [-0.1, -0.05) is 76.1 Å². The first-order chi connectivity index (χ1) is 16.0. The lowest BCUT2D eigenvalue weighted by atomic mass is 10.1. The topological polar surface area (TPSA) is 71.3 Å². The Morgan fingerprint density at radius 2 is 1.79 bits per heavy atom. The Balaban J connectivity index is 1.80. The van der Waals surface area contributed by atoms with Gasteiger partial charge in [-0.05, 0) is 42.3 Å². The Kier molecular flexibility index (Phi) is 8.94. The highest BCUT2D eigenvalue weighted by Crippen LogP contribution is 2.35. The fourth-order valence-electron chi connectivity index (χ4n) is 2.99. The van der Waals surface area contributed by atoms with E-state index in [1.165, 1.54) is 6.08 Å². The fraction of sp³-hybridized carbons (Fsp3) is 0.154. The minimum atomic E-state index is -0.453. The summed E-state index contributed by atoms with van der Waals surface area (Å²) in [6.07, 6.45) is 1.52. The predicted octanol–water partition coefficient (Wildman–Crippen LogP) is 6.30. The van der Waals surface area contributed by atoms with Gasteiger partial charge in [0.25, 0.3) is 5.91 Å². The first-order valence-electron chi connectivity index (χ1n) is 10.3. The van der Waals surface area contributed by atoms with Gasteiger partial charge in [0.15, 0.2) is 11.5 Å². The molecular weight excluding hydrogens is 504 g/mol. The van der Waals surface area contributed by atoms with E-state index in [0.717, 1.165) is 11.1 Å². The number of nitrogens with one attached hydrogen (secondary N) is 1. The predicted molar refractivity (Wildman–Crippen MR) is 133 cm³/mol. The number of carbonyl (C=O) groups is 1. The number of benzene rings is 3. The van der Waals surface area contributed by atoms with Crippen molar-refractivity contribution in [3.05, 3.63) is 98.5 Å². The molecule has 1 amide bonds. The number of amides is 1. The molecule has 3 aromatic carbocycles. The van der Waals surface area contributed by atoms with Gasteiger partial charge in [-0.2, -0.15) is 5.26 Å². The van der Waals surface area contributed by atoms with Crippen LogP contribution in [-0.4, -0.2) is 12.5 Å². The van der Waals surface area contributed by atoms with E-state index in [1.807, 2.05) is 61.5 Å². The maximum Gasteiger partial charge on any atom is 0.262 e. The van der Waals surface area contributed by atoms with Crippen molar-refractivity contribution in [2.75, 3.05) is 6.61 Å². The number of nitriles is 1. The van der Waals surface area contributed by atoms with Crippen molar-refractivity contribution in [1.29, 1.82) is 5.26 Å². The normalized spacial score (nSPS) is 10.9. The Morgan fingerprint density at radius 3 is 2.48 bits per heavy atom. The molecule has 0 spiro atoms. The molecule has 3 aromatic rings. The van der Waals surface area contributed by atoms with Crippen LogP contribution in [0.25, 0.3) is 6.08 Å². The molecule has 33 heavy (non-hydrogen) atoms. The van der Waals surface area contributed by atoms with E-state index in [4.69, 9.17) is 21.1 Å². The van der Waals surface area contributed by atoms with Crippen LogP contribution in [0, 0.1) is 11.3 Å². The molecule has 0 atom stereocenters. The van der Waals surface area contributed by atoms with E-state index in [-0.39, 0.29) is 12.2 Å². The third kappa shape index (κ3) is 6.85. The van der Waals surface area contributed by atoms with Gasteiger partial charge in [-0.15, -0.1) is 0 Å². The van der Waals surface area contributed by atoms with Gasteiger partial charge < -0.3 is 14.8 Å². The first kappa shape index (κ1) is 24.4. The molecule has 1 N–H and O–H groups in total. The lowest BCUT2D eigenvalue weighted by molar-refractivity contribution is -0.117. The maximum absolute atomic E-state index is 12.5. The van der Waals surface area contributed by atoms with E-state index in [9.17, 15) is 10.1 Å². The average Bonchev–Trinajstić information content (AvgIpc) is 2.83. The van der Waals surface area contributed by atoms with Crippen LogP contribution >= 0.6 is 27.5 Å². The van der Waals surface area contributed by atoms with Crippen molar-refractivity contribution in [3.63, 3.8) is 0 Å². The Morgan fingerprint density at radius 1 is 1.09 bits per heavy atom. The Labute approximate surface area is 206 Å². The molecule has 0 aliphatic rings. The zero-order valence-electron chi connectivity index (χ0n) is 18.0. The monoisotopic (exact) mass is 524 g/mol. The summed E-state index contributed by atoms with van der Waals surface area (Å²) >= 11 is 9.73. The zero-order valence-corrected chi connectivity index (χ0v) is 20.3. The molecule has 5 nitrogen and oxygen atoms in total. The third-order valence-corrected chi connectivity index (χ3v) is 5.72. The minimum absolute atomic E-state index is 0.0150. The highest BCUT2D eigenvalue weighted by Gasteiger charge is 2.14. The summed E-state index contributed by atoms with van der Waals surface area (Å²) in [5.41, 5.74) is 2.40. The van der Waals surface area contributed by atoms with Gasteiger partial charge >= 0.3 is 0 Å². The number of nitrogens with zero attached hydrogens (tertiary/aromatic N) is 1. The fourth-order valence-corrected chi connectivity index (χ4v) is 3.62. The van der Waals surface area contributed by atoms with Crippen LogP contribution in [0.15, 0.2) is 76.8 Å². The molecule has 0 saturated carbocycles. The van der Waals surface area contributed by atoms with E-state index in [2.05, 4.69) is 21.2 Å². The van der Waals surface area contributed by atoms with E-state index < -0.39 is 5.91 Å². The van der Waals surface area contributed by atoms with Crippen LogP contribution in [0.5, 0.6) is 11.5 Å². The molecule has 0 aromatic heterocycles. The molecule has 0 aliphatic carbocycles. The molecule has 3 rings (SSSR count). The number of rotatable bonds is 9. The van der Waals surface area contributed by atoms with Crippen molar-refractivity contribution in [3.8, 4) is 17.6 Å². The second-order valence-electron chi connectivity index (χ2n) is 6.97. The quantitative estimate of drug-likeness (QED) is 0.263. The van der Waals surface area contributed by atoms with Crippen molar-refractivity contribution < 1.29 is 14.3 Å². The highest BCUT2D eigenvalue weighted by atomic mass is 79.9. The Hall–Kier alpha value is -3.27. The summed E-state index contributed by atoms with van der Waals surface area (Å²) in [6, 6.07) is 22.4. The zero-order chi connectivity index (χ0) is 23.6. The molecule has 0 radical (unpaired) electrons. The lowest BCUT2D eigenvalue weighted by Crippen LogP contribution is -2.23. The van der Waals surface area contributed by atoms with E-state index in [1.54, 1.807) is 18.2 Å². The van der Waals surface area contributed by atoms with E-state index in [0.29, 0.717) is 39.7 Å². The van der Waals surface area contributed by atoms with E-state index >= 15 is 0 Å². The Bertz CT molecular complexity index is 1190. The van der Waals surface area contributed by atoms with Crippen molar-refractivity contribution in [2.45, 2.75) is 20.1 Å². The minimum Gasteiger partial charge on any atom is -0.490 e. The number of hydrogen-bond donors (Lipinski definition) is 1. The summed E-state index contributed by atoms with van der Waals surface area (Å²) in [7, 11) is 0. The van der Waals surface area contributed by atoms with Crippen LogP contribution in [-0.2, 0) is 17.9 Å². The smallest absolute Gasteiger partial charge is 0.262 e. The molecule has 168 valence electrons. The molecule has 7 heteroatoms. The largest absolute Gasteiger partial charge is 0.490 e. The molecule has 0 fully saturated rings. The average molecular weight is 526 g/mol. The van der Waals surface area contributed by atoms with Crippen molar-refractivity contribution in [2.24, 2.45) is 0 Å². The van der Waals surface area contributed by atoms with Gasteiger partial charge in [0.05, 0.1) is 6.61 Å².